The highest BCUT2D eigenvalue weighted by atomic mass is 16.3. The summed E-state index contributed by atoms with van der Waals surface area (Å²) in [5.41, 5.74) is -0.175. The van der Waals surface area contributed by atoms with Gasteiger partial charge in [-0.25, -0.2) is 0 Å². The number of aliphatic hydroxyl groups excluding tert-OH is 1. The van der Waals surface area contributed by atoms with Crippen LogP contribution in [0.15, 0.2) is 41.3 Å². The van der Waals surface area contributed by atoms with E-state index in [2.05, 4.69) is 5.32 Å². The maximum atomic E-state index is 11.3. The van der Waals surface area contributed by atoms with Gasteiger partial charge in [0.15, 0.2) is 0 Å². The molecule has 0 bridgehead atoms. The molecule has 0 aliphatic rings. The Labute approximate surface area is 99.4 Å². The van der Waals surface area contributed by atoms with Gasteiger partial charge in [0.1, 0.15) is 0 Å². The van der Waals surface area contributed by atoms with Gasteiger partial charge in [-0.2, -0.15) is 0 Å². The fourth-order valence-electron chi connectivity index (χ4n) is 1.33. The molecule has 1 amide bonds. The molecule has 0 radical (unpaired) electrons. The predicted molar refractivity (Wildman–Crippen MR) is 64.5 cm³/mol. The zero-order valence-electron chi connectivity index (χ0n) is 9.67. The van der Waals surface area contributed by atoms with Crippen molar-refractivity contribution in [3.63, 3.8) is 0 Å². The van der Waals surface area contributed by atoms with Gasteiger partial charge in [-0.1, -0.05) is 12.1 Å². The van der Waals surface area contributed by atoms with E-state index >= 15 is 0 Å². The number of rotatable bonds is 5. The van der Waals surface area contributed by atoms with Crippen molar-refractivity contribution in [3.8, 4) is 0 Å². The molecule has 1 rings (SSSR count). The number of aromatic nitrogens is 1. The lowest BCUT2D eigenvalue weighted by molar-refractivity contribution is -0.117. The molecule has 5 nitrogen and oxygen atoms in total. The minimum Gasteiger partial charge on any atom is -0.389 e. The summed E-state index contributed by atoms with van der Waals surface area (Å²) in [7, 11) is 0. The molecule has 0 aliphatic heterocycles. The van der Waals surface area contributed by atoms with E-state index < -0.39 is 6.10 Å². The average molecular weight is 236 g/mol. The number of hydrogen-bond acceptors (Lipinski definition) is 3. The van der Waals surface area contributed by atoms with E-state index in [0.717, 1.165) is 0 Å². The summed E-state index contributed by atoms with van der Waals surface area (Å²) in [5.74, 6) is -0.257. The number of hydrogen-bond donors (Lipinski definition) is 2. The first-order chi connectivity index (χ1) is 8.13. The normalized spacial score (nSPS) is 12.6. The van der Waals surface area contributed by atoms with Crippen molar-refractivity contribution in [2.75, 3.05) is 6.54 Å². The van der Waals surface area contributed by atoms with E-state index in [1.54, 1.807) is 31.3 Å². The Morgan fingerprint density at radius 3 is 3.00 bits per heavy atom. The van der Waals surface area contributed by atoms with Gasteiger partial charge in [-0.3, -0.25) is 9.59 Å². The number of aliphatic hydroxyl groups is 1. The number of nitrogens with zero attached hydrogens (tertiary/aromatic N) is 1. The standard InChI is InChI=1S/C12H16N2O3/c1-2-5-11(16)13-8-10(15)9-14-7-4-3-6-12(14)17/h2-7,10,15H,8-9H2,1H3,(H,13,16)/b5-2+. The molecule has 17 heavy (non-hydrogen) atoms. The van der Waals surface area contributed by atoms with Gasteiger partial charge in [0, 0.05) is 18.8 Å². The Kier molecular flexibility index (Phi) is 5.16. The monoisotopic (exact) mass is 236 g/mol. The van der Waals surface area contributed by atoms with E-state index in [0.29, 0.717) is 0 Å². The first-order valence-electron chi connectivity index (χ1n) is 5.37. The van der Waals surface area contributed by atoms with Crippen molar-refractivity contribution in [1.82, 2.24) is 9.88 Å². The third-order valence-corrected chi connectivity index (χ3v) is 2.14. The average Bonchev–Trinajstić information content (AvgIpc) is 2.30. The third kappa shape index (κ3) is 4.65. The first kappa shape index (κ1) is 13.2. The number of carbonyl (C=O) groups is 1. The number of nitrogens with one attached hydrogen (secondary N) is 1. The summed E-state index contributed by atoms with van der Waals surface area (Å²) in [4.78, 5) is 22.4. The summed E-state index contributed by atoms with van der Waals surface area (Å²) in [5, 5.41) is 12.2. The van der Waals surface area contributed by atoms with Crippen molar-refractivity contribution in [2.45, 2.75) is 19.6 Å². The SMILES string of the molecule is C/C=C/C(=O)NCC(O)Cn1ccccc1=O. The van der Waals surface area contributed by atoms with Crippen LogP contribution in [0.4, 0.5) is 0 Å². The molecule has 1 unspecified atom stereocenters. The van der Waals surface area contributed by atoms with Crippen LogP contribution in [-0.4, -0.2) is 28.2 Å². The van der Waals surface area contributed by atoms with Crippen LogP contribution >= 0.6 is 0 Å². The molecular formula is C12H16N2O3. The molecule has 0 aliphatic carbocycles. The first-order valence-corrected chi connectivity index (χ1v) is 5.37. The lowest BCUT2D eigenvalue weighted by Gasteiger charge is -2.12. The second-order valence-electron chi connectivity index (χ2n) is 3.59. The highest BCUT2D eigenvalue weighted by Gasteiger charge is 2.06. The summed E-state index contributed by atoms with van der Waals surface area (Å²) in [6.07, 6.45) is 3.80. The van der Waals surface area contributed by atoms with E-state index in [9.17, 15) is 14.7 Å². The molecule has 1 aromatic heterocycles. The molecule has 0 saturated heterocycles. The van der Waals surface area contributed by atoms with Crippen LogP contribution in [0.1, 0.15) is 6.92 Å². The van der Waals surface area contributed by atoms with Gasteiger partial charge in [-0.15, -0.1) is 0 Å². The van der Waals surface area contributed by atoms with Crippen LogP contribution in [0.25, 0.3) is 0 Å². The molecule has 0 saturated carbocycles. The Balaban J connectivity index is 2.45. The summed E-state index contributed by atoms with van der Waals surface area (Å²) < 4.78 is 1.40. The van der Waals surface area contributed by atoms with Crippen molar-refractivity contribution in [3.05, 3.63) is 46.9 Å². The minimum absolute atomic E-state index is 0.116. The largest absolute Gasteiger partial charge is 0.389 e. The van der Waals surface area contributed by atoms with E-state index in [4.69, 9.17) is 0 Å². The molecule has 0 aromatic carbocycles. The molecule has 1 atom stereocenters. The highest BCUT2D eigenvalue weighted by molar-refractivity contribution is 5.87. The summed E-state index contributed by atoms with van der Waals surface area (Å²) in [6, 6.07) is 4.77. The second kappa shape index (κ2) is 6.65. The fraction of sp³-hybridized carbons (Fsp3) is 0.333. The lowest BCUT2D eigenvalue weighted by Crippen LogP contribution is -2.35. The summed E-state index contributed by atoms with van der Waals surface area (Å²) in [6.45, 7) is 2.01. The topological polar surface area (TPSA) is 71.3 Å². The maximum absolute atomic E-state index is 11.3. The van der Waals surface area contributed by atoms with Crippen LogP contribution < -0.4 is 10.9 Å². The van der Waals surface area contributed by atoms with Crippen LogP contribution in [0.5, 0.6) is 0 Å². The highest BCUT2D eigenvalue weighted by Crippen LogP contribution is 1.88. The van der Waals surface area contributed by atoms with Gasteiger partial charge in [-0.05, 0) is 19.1 Å². The Bertz CT molecular complexity index is 451. The molecule has 0 spiro atoms. The molecular weight excluding hydrogens is 220 g/mol. The number of pyridine rings is 1. The molecule has 2 N–H and O–H groups in total. The van der Waals surface area contributed by atoms with Crippen LogP contribution in [-0.2, 0) is 11.3 Å². The van der Waals surface area contributed by atoms with Gasteiger partial charge in [0.25, 0.3) is 5.56 Å². The van der Waals surface area contributed by atoms with Gasteiger partial charge < -0.3 is 15.0 Å². The lowest BCUT2D eigenvalue weighted by atomic mass is 10.3. The zero-order chi connectivity index (χ0) is 12.7. The molecule has 1 heterocycles. The van der Waals surface area contributed by atoms with E-state index in [1.165, 1.54) is 16.7 Å². The van der Waals surface area contributed by atoms with Crippen LogP contribution in [0.3, 0.4) is 0 Å². The van der Waals surface area contributed by atoms with Gasteiger partial charge in [0.2, 0.25) is 5.91 Å². The number of amides is 1. The maximum Gasteiger partial charge on any atom is 0.250 e. The second-order valence-corrected chi connectivity index (χ2v) is 3.59. The third-order valence-electron chi connectivity index (χ3n) is 2.14. The van der Waals surface area contributed by atoms with Crippen LogP contribution in [0.2, 0.25) is 0 Å². The Morgan fingerprint density at radius 1 is 1.59 bits per heavy atom. The fourth-order valence-corrected chi connectivity index (χ4v) is 1.33. The van der Waals surface area contributed by atoms with Crippen molar-refractivity contribution < 1.29 is 9.90 Å². The Morgan fingerprint density at radius 2 is 2.35 bits per heavy atom. The molecule has 92 valence electrons. The quantitative estimate of drug-likeness (QED) is 0.701. The number of carbonyl (C=O) groups excluding carboxylic acids is 1. The summed E-state index contributed by atoms with van der Waals surface area (Å²) >= 11 is 0. The van der Waals surface area contributed by atoms with Gasteiger partial charge >= 0.3 is 0 Å². The van der Waals surface area contributed by atoms with E-state index in [1.807, 2.05) is 0 Å². The van der Waals surface area contributed by atoms with Crippen molar-refractivity contribution in [2.24, 2.45) is 0 Å². The molecule has 0 fully saturated rings. The van der Waals surface area contributed by atoms with Crippen molar-refractivity contribution in [1.29, 1.82) is 0 Å². The van der Waals surface area contributed by atoms with Crippen molar-refractivity contribution >= 4 is 5.91 Å². The predicted octanol–water partition coefficient (Wildman–Crippen LogP) is -0.0985. The van der Waals surface area contributed by atoms with Gasteiger partial charge in [0.05, 0.1) is 12.6 Å². The van der Waals surface area contributed by atoms with Crippen LogP contribution in [0, 0.1) is 0 Å². The number of allylic oxidation sites excluding steroid dienone is 1. The minimum atomic E-state index is -0.788. The zero-order valence-corrected chi connectivity index (χ0v) is 9.67. The Hall–Kier alpha value is -1.88. The smallest absolute Gasteiger partial charge is 0.250 e. The molecule has 1 aromatic rings. The molecule has 5 heteroatoms. The van der Waals surface area contributed by atoms with E-state index in [-0.39, 0.29) is 24.6 Å².